The number of hydrogen-bond acceptors (Lipinski definition) is 2. The fourth-order valence-electron chi connectivity index (χ4n) is 1.83. The Morgan fingerprint density at radius 1 is 1.24 bits per heavy atom. The molecule has 0 aliphatic carbocycles. The molecule has 0 amide bonds. The highest BCUT2D eigenvalue weighted by atomic mass is 16.5. The van der Waals surface area contributed by atoms with Gasteiger partial charge in [-0.2, -0.15) is 0 Å². The first-order valence-electron chi connectivity index (χ1n) is 6.64. The average Bonchev–Trinajstić information content (AvgIpc) is 2.30. The Morgan fingerprint density at radius 2 is 2.00 bits per heavy atom. The molecule has 1 atom stereocenters. The van der Waals surface area contributed by atoms with Gasteiger partial charge in [0, 0.05) is 6.04 Å². The zero-order chi connectivity index (χ0) is 12.7. The van der Waals surface area contributed by atoms with E-state index in [1.54, 1.807) is 0 Å². The maximum Gasteiger partial charge on any atom is 0.122 e. The van der Waals surface area contributed by atoms with Crippen molar-refractivity contribution in [2.24, 2.45) is 5.73 Å². The number of ether oxygens (including phenoxy) is 1. The summed E-state index contributed by atoms with van der Waals surface area (Å²) in [6, 6.07) is 6.30. The molecule has 0 heterocycles. The summed E-state index contributed by atoms with van der Waals surface area (Å²) in [6.07, 6.45) is 4.96. The molecule has 2 N–H and O–H groups in total. The second-order valence-electron chi connectivity index (χ2n) is 4.72. The second kappa shape index (κ2) is 7.33. The SMILES string of the molecule is CCCCCCOc1ccc([C@H](C)N)cc1C. The van der Waals surface area contributed by atoms with Crippen LogP contribution in [0, 0.1) is 6.92 Å². The molecule has 1 rings (SSSR count). The largest absolute Gasteiger partial charge is 0.493 e. The standard InChI is InChI=1S/C15H25NO/c1-4-5-6-7-10-17-15-9-8-14(13(3)16)11-12(15)2/h8-9,11,13H,4-7,10,16H2,1-3H3/t13-/m0/s1. The number of aryl methyl sites for hydroxylation is 1. The van der Waals surface area contributed by atoms with Crippen molar-refractivity contribution in [2.75, 3.05) is 6.61 Å². The number of benzene rings is 1. The first-order valence-corrected chi connectivity index (χ1v) is 6.64. The molecule has 0 spiro atoms. The zero-order valence-corrected chi connectivity index (χ0v) is 11.3. The third-order valence-electron chi connectivity index (χ3n) is 2.98. The lowest BCUT2D eigenvalue weighted by Crippen LogP contribution is -2.06. The van der Waals surface area contributed by atoms with E-state index >= 15 is 0 Å². The highest BCUT2D eigenvalue weighted by Gasteiger charge is 2.04. The van der Waals surface area contributed by atoms with Gasteiger partial charge in [0.25, 0.3) is 0 Å². The first-order chi connectivity index (χ1) is 8.15. The van der Waals surface area contributed by atoms with Crippen molar-refractivity contribution >= 4 is 0 Å². The van der Waals surface area contributed by atoms with Crippen LogP contribution in [0.4, 0.5) is 0 Å². The van der Waals surface area contributed by atoms with Crippen LogP contribution >= 0.6 is 0 Å². The van der Waals surface area contributed by atoms with Gasteiger partial charge >= 0.3 is 0 Å². The van der Waals surface area contributed by atoms with Gasteiger partial charge in [-0.05, 0) is 37.5 Å². The molecule has 0 radical (unpaired) electrons. The van der Waals surface area contributed by atoms with Gasteiger partial charge in [-0.3, -0.25) is 0 Å². The molecule has 0 aliphatic heterocycles. The van der Waals surface area contributed by atoms with Gasteiger partial charge in [0.05, 0.1) is 6.61 Å². The average molecular weight is 235 g/mol. The number of rotatable bonds is 7. The topological polar surface area (TPSA) is 35.2 Å². The molecule has 0 unspecified atom stereocenters. The van der Waals surface area contributed by atoms with Crippen LogP contribution in [0.2, 0.25) is 0 Å². The zero-order valence-electron chi connectivity index (χ0n) is 11.3. The number of unbranched alkanes of at least 4 members (excludes halogenated alkanes) is 3. The van der Waals surface area contributed by atoms with E-state index < -0.39 is 0 Å². The molecule has 1 aromatic rings. The first kappa shape index (κ1) is 14.0. The maximum atomic E-state index is 5.85. The summed E-state index contributed by atoms with van der Waals surface area (Å²) in [5.41, 5.74) is 8.19. The van der Waals surface area contributed by atoms with Crippen LogP contribution in [0.3, 0.4) is 0 Å². The van der Waals surface area contributed by atoms with Crippen LogP contribution < -0.4 is 10.5 Å². The summed E-state index contributed by atoms with van der Waals surface area (Å²) in [5, 5.41) is 0. The number of hydrogen-bond donors (Lipinski definition) is 1. The van der Waals surface area contributed by atoms with Crippen LogP contribution in [-0.4, -0.2) is 6.61 Å². The van der Waals surface area contributed by atoms with Crippen molar-refractivity contribution in [2.45, 2.75) is 52.5 Å². The predicted octanol–water partition coefficient (Wildman–Crippen LogP) is 3.97. The van der Waals surface area contributed by atoms with Crippen molar-refractivity contribution in [3.63, 3.8) is 0 Å². The molecular formula is C15H25NO. The highest BCUT2D eigenvalue weighted by Crippen LogP contribution is 2.22. The molecule has 1 aromatic carbocycles. The van der Waals surface area contributed by atoms with Crippen LogP contribution in [0.15, 0.2) is 18.2 Å². The van der Waals surface area contributed by atoms with Gasteiger partial charge in [-0.1, -0.05) is 38.3 Å². The molecule has 0 bridgehead atoms. The van der Waals surface area contributed by atoms with E-state index in [0.29, 0.717) is 0 Å². The molecule has 2 nitrogen and oxygen atoms in total. The smallest absolute Gasteiger partial charge is 0.122 e. The minimum absolute atomic E-state index is 0.0901. The molecule has 0 fully saturated rings. The van der Waals surface area contributed by atoms with E-state index in [2.05, 4.69) is 26.0 Å². The Balaban J connectivity index is 2.43. The number of nitrogens with two attached hydrogens (primary N) is 1. The maximum absolute atomic E-state index is 5.85. The summed E-state index contributed by atoms with van der Waals surface area (Å²) >= 11 is 0. The molecule has 0 aromatic heterocycles. The minimum Gasteiger partial charge on any atom is -0.493 e. The normalized spacial score (nSPS) is 12.5. The van der Waals surface area contributed by atoms with Gasteiger partial charge < -0.3 is 10.5 Å². The van der Waals surface area contributed by atoms with Crippen molar-refractivity contribution < 1.29 is 4.74 Å². The predicted molar refractivity (Wildman–Crippen MR) is 73.4 cm³/mol. The summed E-state index contributed by atoms with van der Waals surface area (Å²) < 4.78 is 5.78. The third kappa shape index (κ3) is 4.78. The summed E-state index contributed by atoms with van der Waals surface area (Å²) in [5.74, 6) is 0.992. The van der Waals surface area contributed by atoms with Crippen LogP contribution in [0.5, 0.6) is 5.75 Å². The van der Waals surface area contributed by atoms with Crippen molar-refractivity contribution in [3.05, 3.63) is 29.3 Å². The second-order valence-corrected chi connectivity index (χ2v) is 4.72. The molecule has 96 valence electrons. The molecule has 0 saturated carbocycles. The lowest BCUT2D eigenvalue weighted by molar-refractivity contribution is 0.303. The monoisotopic (exact) mass is 235 g/mol. The lowest BCUT2D eigenvalue weighted by Gasteiger charge is -2.12. The Kier molecular flexibility index (Phi) is 6.06. The Morgan fingerprint density at radius 3 is 2.59 bits per heavy atom. The summed E-state index contributed by atoms with van der Waals surface area (Å²) in [7, 11) is 0. The van der Waals surface area contributed by atoms with Crippen LogP contribution in [0.25, 0.3) is 0 Å². The van der Waals surface area contributed by atoms with Gasteiger partial charge in [0.2, 0.25) is 0 Å². The minimum atomic E-state index is 0.0901. The van der Waals surface area contributed by atoms with Crippen molar-refractivity contribution in [3.8, 4) is 5.75 Å². The Labute approximate surface area is 105 Å². The fourth-order valence-corrected chi connectivity index (χ4v) is 1.83. The molecule has 2 heteroatoms. The lowest BCUT2D eigenvalue weighted by atomic mass is 10.1. The van der Waals surface area contributed by atoms with Crippen molar-refractivity contribution in [1.29, 1.82) is 0 Å². The van der Waals surface area contributed by atoms with Crippen molar-refractivity contribution in [1.82, 2.24) is 0 Å². The van der Waals surface area contributed by atoms with Gasteiger partial charge in [0.15, 0.2) is 0 Å². The van der Waals surface area contributed by atoms with Gasteiger partial charge in [-0.15, -0.1) is 0 Å². The summed E-state index contributed by atoms with van der Waals surface area (Å²) in [6.45, 7) is 7.11. The van der Waals surface area contributed by atoms with Crippen LogP contribution in [0.1, 0.15) is 56.7 Å². The highest BCUT2D eigenvalue weighted by molar-refractivity contribution is 5.37. The third-order valence-corrected chi connectivity index (χ3v) is 2.98. The van der Waals surface area contributed by atoms with E-state index in [0.717, 1.165) is 18.8 Å². The quantitative estimate of drug-likeness (QED) is 0.726. The Bertz CT molecular complexity index is 334. The Hall–Kier alpha value is -1.02. The summed E-state index contributed by atoms with van der Waals surface area (Å²) in [4.78, 5) is 0. The van der Waals surface area contributed by atoms with Gasteiger partial charge in [0.1, 0.15) is 5.75 Å². The molecular weight excluding hydrogens is 210 g/mol. The van der Waals surface area contributed by atoms with E-state index in [1.807, 2.05) is 13.0 Å². The molecule has 17 heavy (non-hydrogen) atoms. The molecule has 0 aliphatic rings. The fraction of sp³-hybridized carbons (Fsp3) is 0.600. The van der Waals surface area contributed by atoms with E-state index in [1.165, 1.54) is 30.4 Å². The van der Waals surface area contributed by atoms with E-state index in [-0.39, 0.29) is 6.04 Å². The van der Waals surface area contributed by atoms with E-state index in [9.17, 15) is 0 Å². The van der Waals surface area contributed by atoms with Gasteiger partial charge in [-0.25, -0.2) is 0 Å². The molecule has 0 saturated heterocycles. The van der Waals surface area contributed by atoms with Crippen LogP contribution in [-0.2, 0) is 0 Å². The van der Waals surface area contributed by atoms with E-state index in [4.69, 9.17) is 10.5 Å².